The van der Waals surface area contributed by atoms with Crippen LogP contribution in [-0.4, -0.2) is 32.1 Å². The van der Waals surface area contributed by atoms with Gasteiger partial charge in [0.1, 0.15) is 5.75 Å². The largest absolute Gasteiger partial charge is 0.495 e. The number of hydrogen-bond acceptors (Lipinski definition) is 4. The summed E-state index contributed by atoms with van der Waals surface area (Å²) in [5.74, 6) is -0.120. The molecule has 0 bridgehead atoms. The second kappa shape index (κ2) is 9.76. The molecule has 0 spiro atoms. The Morgan fingerprint density at radius 3 is 2.62 bits per heavy atom. The molecule has 6 nitrogen and oxygen atoms in total. The predicted octanol–water partition coefficient (Wildman–Crippen LogP) is 3.55. The first kappa shape index (κ1) is 21.1. The second-order valence-corrected chi connectivity index (χ2v) is 7.33. The summed E-state index contributed by atoms with van der Waals surface area (Å²) in [5, 5.41) is 3.44. The Kier molecular flexibility index (Phi) is 7.12. The van der Waals surface area contributed by atoms with Crippen molar-refractivity contribution in [2.45, 2.75) is 26.5 Å². The van der Waals surface area contributed by atoms with Crippen molar-refractivity contribution in [1.82, 2.24) is 5.32 Å². The number of halogens is 1. The van der Waals surface area contributed by atoms with E-state index in [4.69, 9.17) is 21.1 Å². The quantitative estimate of drug-likeness (QED) is 0.714. The van der Waals surface area contributed by atoms with Gasteiger partial charge in [0.05, 0.1) is 25.3 Å². The molecule has 1 aliphatic heterocycles. The first-order valence-electron chi connectivity index (χ1n) is 9.59. The van der Waals surface area contributed by atoms with Gasteiger partial charge in [-0.3, -0.25) is 9.59 Å². The molecule has 0 saturated carbocycles. The average Bonchev–Trinajstić information content (AvgIpc) is 3.12. The average molecular weight is 417 g/mol. The lowest BCUT2D eigenvalue weighted by molar-refractivity contribution is -0.126. The molecule has 1 aliphatic rings. The van der Waals surface area contributed by atoms with Crippen LogP contribution in [-0.2, 0) is 27.5 Å². The number of hydrogen-bond donors (Lipinski definition) is 1. The number of methoxy groups -OCH3 is 1. The zero-order valence-electron chi connectivity index (χ0n) is 16.6. The van der Waals surface area contributed by atoms with Crippen molar-refractivity contribution >= 4 is 29.1 Å². The zero-order valence-corrected chi connectivity index (χ0v) is 17.4. The van der Waals surface area contributed by atoms with Crippen molar-refractivity contribution in [3.8, 4) is 5.75 Å². The Labute approximate surface area is 175 Å². The second-order valence-electron chi connectivity index (χ2n) is 6.89. The van der Waals surface area contributed by atoms with E-state index in [0.29, 0.717) is 42.8 Å². The standard InChI is InChI=1S/C22H25ClN2O4/c1-3-29-14-16-6-4-15(5-7-16)12-24-22(27)17-10-21(26)25(13-17)19-11-18(23)8-9-20(19)28-2/h4-9,11,17H,3,10,12-14H2,1-2H3,(H,24,27). The van der Waals surface area contributed by atoms with Crippen LogP contribution in [0.2, 0.25) is 5.02 Å². The normalized spacial score (nSPS) is 16.2. The molecule has 1 atom stereocenters. The Morgan fingerprint density at radius 2 is 1.93 bits per heavy atom. The van der Waals surface area contributed by atoms with E-state index in [1.54, 1.807) is 23.1 Å². The van der Waals surface area contributed by atoms with Crippen LogP contribution in [0.5, 0.6) is 5.75 Å². The van der Waals surface area contributed by atoms with E-state index < -0.39 is 5.92 Å². The van der Waals surface area contributed by atoms with Gasteiger partial charge < -0.3 is 19.7 Å². The van der Waals surface area contributed by atoms with Crippen molar-refractivity contribution in [3.63, 3.8) is 0 Å². The lowest BCUT2D eigenvalue weighted by Gasteiger charge is -2.20. The number of carbonyl (C=O) groups is 2. The molecule has 1 unspecified atom stereocenters. The minimum absolute atomic E-state index is 0.119. The number of anilines is 1. The SMILES string of the molecule is CCOCc1ccc(CNC(=O)C2CC(=O)N(c3cc(Cl)ccc3OC)C2)cc1. The van der Waals surface area contributed by atoms with E-state index in [-0.39, 0.29) is 18.2 Å². The topological polar surface area (TPSA) is 67.9 Å². The van der Waals surface area contributed by atoms with Crippen molar-refractivity contribution in [3.05, 3.63) is 58.6 Å². The number of rotatable bonds is 8. The molecule has 154 valence electrons. The summed E-state index contributed by atoms with van der Waals surface area (Å²) < 4.78 is 10.7. The van der Waals surface area contributed by atoms with Crippen LogP contribution in [0.4, 0.5) is 5.69 Å². The van der Waals surface area contributed by atoms with E-state index in [1.807, 2.05) is 31.2 Å². The predicted molar refractivity (Wildman–Crippen MR) is 112 cm³/mol. The van der Waals surface area contributed by atoms with Gasteiger partial charge in [-0.25, -0.2) is 0 Å². The molecule has 29 heavy (non-hydrogen) atoms. The molecule has 2 aromatic carbocycles. The molecular formula is C22H25ClN2O4. The first-order valence-corrected chi connectivity index (χ1v) is 9.96. The molecule has 1 N–H and O–H groups in total. The molecule has 0 aliphatic carbocycles. The molecule has 1 fully saturated rings. The van der Waals surface area contributed by atoms with Gasteiger partial charge in [-0.2, -0.15) is 0 Å². The highest BCUT2D eigenvalue weighted by Crippen LogP contribution is 2.35. The van der Waals surface area contributed by atoms with Gasteiger partial charge in [0, 0.05) is 31.1 Å². The van der Waals surface area contributed by atoms with Crippen LogP contribution in [0.15, 0.2) is 42.5 Å². The number of nitrogens with zero attached hydrogens (tertiary/aromatic N) is 1. The summed E-state index contributed by atoms with van der Waals surface area (Å²) >= 11 is 6.07. The van der Waals surface area contributed by atoms with Gasteiger partial charge >= 0.3 is 0 Å². The molecule has 2 aromatic rings. The van der Waals surface area contributed by atoms with E-state index in [2.05, 4.69) is 5.32 Å². The summed E-state index contributed by atoms with van der Waals surface area (Å²) in [6.45, 7) is 3.93. The van der Waals surface area contributed by atoms with Crippen LogP contribution < -0.4 is 15.0 Å². The molecule has 0 radical (unpaired) electrons. The summed E-state index contributed by atoms with van der Waals surface area (Å²) in [7, 11) is 1.54. The molecular weight excluding hydrogens is 392 g/mol. The van der Waals surface area contributed by atoms with Crippen LogP contribution in [0.3, 0.4) is 0 Å². The third-order valence-corrected chi connectivity index (χ3v) is 5.13. The molecule has 0 aromatic heterocycles. The number of amides is 2. The minimum atomic E-state index is -0.414. The van der Waals surface area contributed by atoms with E-state index >= 15 is 0 Å². The maximum absolute atomic E-state index is 12.6. The van der Waals surface area contributed by atoms with Gasteiger partial charge in [-0.15, -0.1) is 0 Å². The zero-order chi connectivity index (χ0) is 20.8. The monoisotopic (exact) mass is 416 g/mol. The molecule has 3 rings (SSSR count). The summed E-state index contributed by atoms with van der Waals surface area (Å²) in [4.78, 5) is 26.7. The van der Waals surface area contributed by atoms with Gasteiger partial charge in [0.2, 0.25) is 11.8 Å². The summed E-state index contributed by atoms with van der Waals surface area (Å²) in [5.41, 5.74) is 2.68. The van der Waals surface area contributed by atoms with Gasteiger partial charge in [0.15, 0.2) is 0 Å². The third kappa shape index (κ3) is 5.28. The molecule has 1 heterocycles. The molecule has 2 amide bonds. The van der Waals surface area contributed by atoms with Crippen LogP contribution in [0, 0.1) is 5.92 Å². The highest BCUT2D eigenvalue weighted by Gasteiger charge is 2.36. The number of nitrogens with one attached hydrogen (secondary N) is 1. The lowest BCUT2D eigenvalue weighted by atomic mass is 10.1. The van der Waals surface area contributed by atoms with Crippen molar-refractivity contribution < 1.29 is 19.1 Å². The van der Waals surface area contributed by atoms with Crippen molar-refractivity contribution in [2.24, 2.45) is 5.92 Å². The lowest BCUT2D eigenvalue weighted by Crippen LogP contribution is -2.32. The highest BCUT2D eigenvalue weighted by molar-refractivity contribution is 6.31. The number of ether oxygens (including phenoxy) is 2. The fraction of sp³-hybridized carbons (Fsp3) is 0.364. The van der Waals surface area contributed by atoms with Crippen LogP contribution in [0.25, 0.3) is 0 Å². The summed E-state index contributed by atoms with van der Waals surface area (Å²) in [6, 6.07) is 13.0. The van der Waals surface area contributed by atoms with Gasteiger partial charge in [-0.05, 0) is 36.2 Å². The Balaban J connectivity index is 1.58. The Bertz CT molecular complexity index is 870. The van der Waals surface area contributed by atoms with Crippen LogP contribution >= 0.6 is 11.6 Å². The maximum Gasteiger partial charge on any atom is 0.227 e. The minimum Gasteiger partial charge on any atom is -0.495 e. The highest BCUT2D eigenvalue weighted by atomic mass is 35.5. The van der Waals surface area contributed by atoms with Crippen molar-refractivity contribution in [2.75, 3.05) is 25.2 Å². The van der Waals surface area contributed by atoms with Crippen LogP contribution in [0.1, 0.15) is 24.5 Å². The maximum atomic E-state index is 12.6. The summed E-state index contributed by atoms with van der Waals surface area (Å²) in [6.07, 6.45) is 0.162. The fourth-order valence-corrected chi connectivity index (χ4v) is 3.46. The first-order chi connectivity index (χ1) is 14.0. The van der Waals surface area contributed by atoms with Crippen molar-refractivity contribution in [1.29, 1.82) is 0 Å². The van der Waals surface area contributed by atoms with Gasteiger partial charge in [-0.1, -0.05) is 35.9 Å². The van der Waals surface area contributed by atoms with E-state index in [1.165, 1.54) is 7.11 Å². The fourth-order valence-electron chi connectivity index (χ4n) is 3.30. The number of benzene rings is 2. The molecule has 7 heteroatoms. The Hall–Kier alpha value is -2.57. The Morgan fingerprint density at radius 1 is 1.21 bits per heavy atom. The van der Waals surface area contributed by atoms with Gasteiger partial charge in [0.25, 0.3) is 0 Å². The van der Waals surface area contributed by atoms with E-state index in [0.717, 1.165) is 11.1 Å². The van der Waals surface area contributed by atoms with E-state index in [9.17, 15) is 9.59 Å². The third-order valence-electron chi connectivity index (χ3n) is 4.89. The number of carbonyl (C=O) groups excluding carboxylic acids is 2. The smallest absolute Gasteiger partial charge is 0.227 e. The molecule has 1 saturated heterocycles.